The lowest BCUT2D eigenvalue weighted by molar-refractivity contribution is 0.415. The van der Waals surface area contributed by atoms with Gasteiger partial charge in [-0.05, 0) is 36.8 Å². The average Bonchev–Trinajstić information content (AvgIpc) is 3.03. The molecule has 0 aliphatic heterocycles. The third-order valence-corrected chi connectivity index (χ3v) is 5.13. The molecule has 0 unspecified atom stereocenters. The van der Waals surface area contributed by atoms with Gasteiger partial charge in [0.2, 0.25) is 11.8 Å². The highest BCUT2D eigenvalue weighted by Crippen LogP contribution is 2.44. The number of furan rings is 1. The molecule has 136 valence electrons. The molecule has 0 bridgehead atoms. The second-order valence-corrected chi connectivity index (χ2v) is 6.76. The molecule has 0 spiro atoms. The number of halogens is 3. The Labute approximate surface area is 165 Å². The van der Waals surface area contributed by atoms with Crippen molar-refractivity contribution in [1.29, 1.82) is 0 Å². The van der Waals surface area contributed by atoms with Crippen LogP contribution in [-0.4, -0.2) is 20.1 Å². The maximum absolute atomic E-state index is 6.55. The minimum absolute atomic E-state index is 0.186. The third-order valence-electron chi connectivity index (χ3n) is 4.03. The molecule has 2 N–H and O–H groups in total. The SMILES string of the molecule is CN=C(N)N(c1cc(Cl)ccc1OC)c1occ2cc(Cl)c(C)c(Cl)c12. The molecular formula is C18H16Cl3N3O2. The molecular weight excluding hydrogens is 397 g/mol. The molecule has 0 aliphatic rings. The summed E-state index contributed by atoms with van der Waals surface area (Å²) in [6.07, 6.45) is 1.56. The van der Waals surface area contributed by atoms with E-state index in [4.69, 9.17) is 49.7 Å². The van der Waals surface area contributed by atoms with E-state index in [9.17, 15) is 0 Å². The number of aliphatic imine (C=N–C) groups is 1. The number of rotatable bonds is 3. The third kappa shape index (κ3) is 3.07. The molecule has 8 heteroatoms. The number of ether oxygens (including phenoxy) is 1. The van der Waals surface area contributed by atoms with Crippen molar-refractivity contribution in [2.24, 2.45) is 10.7 Å². The first-order valence-corrected chi connectivity index (χ1v) is 8.74. The van der Waals surface area contributed by atoms with Crippen molar-refractivity contribution < 1.29 is 9.15 Å². The van der Waals surface area contributed by atoms with Crippen LogP contribution in [0.3, 0.4) is 0 Å². The van der Waals surface area contributed by atoms with Crippen LogP contribution in [-0.2, 0) is 0 Å². The predicted octanol–water partition coefficient (Wildman–Crippen LogP) is 5.79. The molecule has 3 aromatic rings. The Morgan fingerprint density at radius 2 is 1.96 bits per heavy atom. The topological polar surface area (TPSA) is 64.0 Å². The molecule has 3 rings (SSSR count). The lowest BCUT2D eigenvalue weighted by Gasteiger charge is -2.24. The molecule has 1 aromatic heterocycles. The van der Waals surface area contributed by atoms with Gasteiger partial charge in [-0.1, -0.05) is 34.8 Å². The normalized spacial score (nSPS) is 11.8. The van der Waals surface area contributed by atoms with Crippen molar-refractivity contribution in [2.75, 3.05) is 19.1 Å². The molecule has 0 saturated carbocycles. The maximum atomic E-state index is 6.55. The fraction of sp³-hybridized carbons (Fsp3) is 0.167. The number of hydrogen-bond acceptors (Lipinski definition) is 3. The van der Waals surface area contributed by atoms with E-state index >= 15 is 0 Å². The largest absolute Gasteiger partial charge is 0.495 e. The Hall–Kier alpha value is -2.08. The number of hydrogen-bond donors (Lipinski definition) is 1. The summed E-state index contributed by atoms with van der Waals surface area (Å²) in [6.45, 7) is 1.84. The van der Waals surface area contributed by atoms with Gasteiger partial charge in [0.05, 0.1) is 23.2 Å². The van der Waals surface area contributed by atoms with Gasteiger partial charge < -0.3 is 14.9 Å². The number of nitrogens with zero attached hydrogens (tertiary/aromatic N) is 2. The van der Waals surface area contributed by atoms with E-state index in [1.165, 1.54) is 0 Å². The predicted molar refractivity (Wildman–Crippen MR) is 109 cm³/mol. The fourth-order valence-electron chi connectivity index (χ4n) is 2.66. The molecule has 0 aliphatic carbocycles. The van der Waals surface area contributed by atoms with Crippen LogP contribution in [0.1, 0.15) is 5.56 Å². The standard InChI is InChI=1S/C18H16Cl3N3O2/c1-9-12(20)6-10-8-26-17(15(10)16(9)21)24(18(22)23-2)13-7-11(19)4-5-14(13)25-3/h4-8H,1-3H3,(H2,22,23). The zero-order valence-corrected chi connectivity index (χ0v) is 16.6. The van der Waals surface area contributed by atoms with Crippen molar-refractivity contribution in [3.05, 3.63) is 51.2 Å². The summed E-state index contributed by atoms with van der Waals surface area (Å²) in [5.41, 5.74) is 7.49. The Bertz CT molecular complexity index is 1010. The number of fused-ring (bicyclic) bond motifs is 1. The monoisotopic (exact) mass is 411 g/mol. The van der Waals surface area contributed by atoms with Gasteiger partial charge in [0, 0.05) is 22.5 Å². The van der Waals surface area contributed by atoms with E-state index in [1.54, 1.807) is 49.6 Å². The highest BCUT2D eigenvalue weighted by Gasteiger charge is 2.25. The molecule has 1 heterocycles. The van der Waals surface area contributed by atoms with Crippen molar-refractivity contribution in [1.82, 2.24) is 0 Å². The summed E-state index contributed by atoms with van der Waals surface area (Å²) in [5, 5.41) is 2.96. The second kappa shape index (κ2) is 7.27. The van der Waals surface area contributed by atoms with Crippen molar-refractivity contribution in [3.63, 3.8) is 0 Å². The Kier molecular flexibility index (Phi) is 5.23. The van der Waals surface area contributed by atoms with E-state index in [-0.39, 0.29) is 5.96 Å². The highest BCUT2D eigenvalue weighted by molar-refractivity contribution is 6.41. The van der Waals surface area contributed by atoms with Crippen molar-refractivity contribution in [3.8, 4) is 5.75 Å². The molecule has 26 heavy (non-hydrogen) atoms. The summed E-state index contributed by atoms with van der Waals surface area (Å²) in [6, 6.07) is 6.96. The first kappa shape index (κ1) is 18.7. The first-order valence-electron chi connectivity index (χ1n) is 7.60. The molecule has 0 radical (unpaired) electrons. The van der Waals surface area contributed by atoms with Gasteiger partial charge in [0.15, 0.2) is 0 Å². The molecule has 0 saturated heterocycles. The van der Waals surface area contributed by atoms with Gasteiger partial charge in [-0.25, -0.2) is 4.90 Å². The van der Waals surface area contributed by atoms with Gasteiger partial charge >= 0.3 is 0 Å². The lowest BCUT2D eigenvalue weighted by Crippen LogP contribution is -2.33. The minimum Gasteiger partial charge on any atom is -0.495 e. The van der Waals surface area contributed by atoms with E-state index in [0.29, 0.717) is 37.8 Å². The Morgan fingerprint density at radius 3 is 2.62 bits per heavy atom. The van der Waals surface area contributed by atoms with Crippen LogP contribution in [0.25, 0.3) is 10.8 Å². The number of nitrogens with two attached hydrogens (primary N) is 1. The van der Waals surface area contributed by atoms with Crippen LogP contribution in [0.5, 0.6) is 5.75 Å². The number of anilines is 2. The van der Waals surface area contributed by atoms with E-state index in [1.807, 2.05) is 6.92 Å². The average molecular weight is 413 g/mol. The van der Waals surface area contributed by atoms with E-state index in [0.717, 1.165) is 10.9 Å². The van der Waals surface area contributed by atoms with Crippen molar-refractivity contribution in [2.45, 2.75) is 6.92 Å². The summed E-state index contributed by atoms with van der Waals surface area (Å²) >= 11 is 19.0. The summed E-state index contributed by atoms with van der Waals surface area (Å²) < 4.78 is 11.3. The number of methoxy groups -OCH3 is 1. The first-order chi connectivity index (χ1) is 12.4. The quantitative estimate of drug-likeness (QED) is 0.436. The van der Waals surface area contributed by atoms with Crippen LogP contribution >= 0.6 is 34.8 Å². The van der Waals surface area contributed by atoms with Crippen LogP contribution in [0.2, 0.25) is 15.1 Å². The van der Waals surface area contributed by atoms with Gasteiger partial charge in [0.1, 0.15) is 12.0 Å². The summed E-state index contributed by atoms with van der Waals surface area (Å²) in [5.74, 6) is 1.13. The zero-order chi connectivity index (χ0) is 19.0. The van der Waals surface area contributed by atoms with Crippen LogP contribution in [0, 0.1) is 6.92 Å². The van der Waals surface area contributed by atoms with Gasteiger partial charge in [-0.2, -0.15) is 0 Å². The molecule has 0 fully saturated rings. The van der Waals surface area contributed by atoms with Crippen LogP contribution in [0.15, 0.2) is 39.9 Å². The molecule has 0 atom stereocenters. The molecule has 5 nitrogen and oxygen atoms in total. The Morgan fingerprint density at radius 1 is 1.23 bits per heavy atom. The molecule has 2 aromatic carbocycles. The maximum Gasteiger partial charge on any atom is 0.216 e. The number of guanidine groups is 1. The lowest BCUT2D eigenvalue weighted by atomic mass is 10.1. The van der Waals surface area contributed by atoms with Gasteiger partial charge in [-0.15, -0.1) is 0 Å². The summed E-state index contributed by atoms with van der Waals surface area (Å²) in [7, 11) is 3.13. The number of benzene rings is 2. The zero-order valence-electron chi connectivity index (χ0n) is 14.3. The van der Waals surface area contributed by atoms with Crippen molar-refractivity contribution >= 4 is 63.1 Å². The highest BCUT2D eigenvalue weighted by atomic mass is 35.5. The van der Waals surface area contributed by atoms with E-state index in [2.05, 4.69) is 4.99 Å². The van der Waals surface area contributed by atoms with Gasteiger partial charge in [0.25, 0.3) is 0 Å². The molecule has 0 amide bonds. The van der Waals surface area contributed by atoms with Crippen LogP contribution < -0.4 is 15.4 Å². The minimum atomic E-state index is 0.186. The van der Waals surface area contributed by atoms with Gasteiger partial charge in [-0.3, -0.25) is 4.99 Å². The van der Waals surface area contributed by atoms with E-state index < -0.39 is 0 Å². The van der Waals surface area contributed by atoms with Crippen LogP contribution in [0.4, 0.5) is 11.6 Å². The smallest absolute Gasteiger partial charge is 0.216 e. The summed E-state index contributed by atoms with van der Waals surface area (Å²) in [4.78, 5) is 5.70. The fourth-order valence-corrected chi connectivity index (χ4v) is 3.38. The Balaban J connectivity index is 2.35. The second-order valence-electron chi connectivity index (χ2n) is 5.54.